The first-order valence-electron chi connectivity index (χ1n) is 4.91. The molecule has 0 spiro atoms. The van der Waals surface area contributed by atoms with Crippen LogP contribution in [0.5, 0.6) is 0 Å². The summed E-state index contributed by atoms with van der Waals surface area (Å²) in [6.45, 7) is 1.73. The van der Waals surface area contributed by atoms with E-state index in [4.69, 9.17) is 5.11 Å². The lowest BCUT2D eigenvalue weighted by Crippen LogP contribution is -2.01. The summed E-state index contributed by atoms with van der Waals surface area (Å²) in [5, 5.41) is 9.08. The Bertz CT molecular complexity index is 505. The fourth-order valence-electron chi connectivity index (χ4n) is 1.59. The molecule has 1 heterocycles. The van der Waals surface area contributed by atoms with E-state index in [-0.39, 0.29) is 0 Å². The van der Waals surface area contributed by atoms with Crippen LogP contribution in [0.3, 0.4) is 0 Å². The molecule has 2 rings (SSSR count). The molecule has 0 saturated heterocycles. The molecule has 3 nitrogen and oxygen atoms in total. The van der Waals surface area contributed by atoms with E-state index < -0.39 is 5.97 Å². The summed E-state index contributed by atoms with van der Waals surface area (Å²) in [5.41, 5.74) is 2.06. The van der Waals surface area contributed by atoms with Gasteiger partial charge in [-0.3, -0.25) is 0 Å². The quantitative estimate of drug-likeness (QED) is 0.886. The third-order valence-electron chi connectivity index (χ3n) is 2.35. The standard InChI is InChI=1S/C12H11NO2S/c1-8-11(12(14)15)10(16-13-8)7-9-5-3-2-4-6-9/h2-6H,7H2,1H3,(H,14,15). The lowest BCUT2D eigenvalue weighted by molar-refractivity contribution is 0.0695. The molecule has 0 fully saturated rings. The van der Waals surface area contributed by atoms with E-state index in [0.29, 0.717) is 17.7 Å². The molecule has 0 amide bonds. The maximum absolute atomic E-state index is 11.1. The minimum atomic E-state index is -0.891. The number of aromatic nitrogens is 1. The van der Waals surface area contributed by atoms with Crippen molar-refractivity contribution in [2.45, 2.75) is 13.3 Å². The monoisotopic (exact) mass is 233 g/mol. The van der Waals surface area contributed by atoms with Gasteiger partial charge in [0.05, 0.1) is 11.3 Å². The zero-order valence-corrected chi connectivity index (χ0v) is 9.62. The molecule has 0 aliphatic rings. The van der Waals surface area contributed by atoms with Crippen LogP contribution in [0.4, 0.5) is 0 Å². The predicted molar refractivity (Wildman–Crippen MR) is 63.1 cm³/mol. The Morgan fingerprint density at radius 2 is 2.06 bits per heavy atom. The van der Waals surface area contributed by atoms with Crippen molar-refractivity contribution in [2.24, 2.45) is 0 Å². The van der Waals surface area contributed by atoms with Crippen molar-refractivity contribution in [1.82, 2.24) is 4.37 Å². The molecule has 1 aromatic carbocycles. The highest BCUT2D eigenvalue weighted by Crippen LogP contribution is 2.21. The van der Waals surface area contributed by atoms with Crippen LogP contribution in [0.15, 0.2) is 30.3 Å². The van der Waals surface area contributed by atoms with E-state index >= 15 is 0 Å². The number of rotatable bonds is 3. The van der Waals surface area contributed by atoms with E-state index in [2.05, 4.69) is 4.37 Å². The van der Waals surface area contributed by atoms with Gasteiger partial charge in [0.1, 0.15) is 0 Å². The molecule has 2 aromatic rings. The highest BCUT2D eigenvalue weighted by Gasteiger charge is 2.17. The molecule has 1 aromatic heterocycles. The molecular weight excluding hydrogens is 222 g/mol. The third-order valence-corrected chi connectivity index (χ3v) is 3.29. The van der Waals surface area contributed by atoms with Crippen LogP contribution < -0.4 is 0 Å². The van der Waals surface area contributed by atoms with Gasteiger partial charge in [-0.2, -0.15) is 4.37 Å². The molecule has 1 N–H and O–H groups in total. The summed E-state index contributed by atoms with van der Waals surface area (Å²) < 4.78 is 4.09. The van der Waals surface area contributed by atoms with Gasteiger partial charge in [0.25, 0.3) is 0 Å². The van der Waals surface area contributed by atoms with Crippen LogP contribution in [0, 0.1) is 6.92 Å². The minimum Gasteiger partial charge on any atom is -0.478 e. The van der Waals surface area contributed by atoms with Gasteiger partial charge in [-0.05, 0) is 24.0 Å². The minimum absolute atomic E-state index is 0.355. The fourth-order valence-corrected chi connectivity index (χ4v) is 2.49. The highest BCUT2D eigenvalue weighted by atomic mass is 32.1. The maximum atomic E-state index is 11.1. The summed E-state index contributed by atoms with van der Waals surface area (Å²) in [5.74, 6) is -0.891. The van der Waals surface area contributed by atoms with Gasteiger partial charge in [-0.15, -0.1) is 0 Å². The second-order valence-corrected chi connectivity index (χ2v) is 4.39. The molecule has 0 atom stereocenters. The molecule has 82 valence electrons. The average Bonchev–Trinajstić information content (AvgIpc) is 2.61. The highest BCUT2D eigenvalue weighted by molar-refractivity contribution is 7.06. The fraction of sp³-hybridized carbons (Fsp3) is 0.167. The first kappa shape index (κ1) is 10.8. The maximum Gasteiger partial charge on any atom is 0.338 e. The van der Waals surface area contributed by atoms with Crippen molar-refractivity contribution in [1.29, 1.82) is 0 Å². The topological polar surface area (TPSA) is 50.2 Å². The van der Waals surface area contributed by atoms with E-state index in [1.165, 1.54) is 11.5 Å². The summed E-state index contributed by atoms with van der Waals surface area (Å²) in [6, 6.07) is 9.81. The number of nitrogens with zero attached hydrogens (tertiary/aromatic N) is 1. The summed E-state index contributed by atoms with van der Waals surface area (Å²) in [4.78, 5) is 11.9. The molecule has 0 aliphatic heterocycles. The van der Waals surface area contributed by atoms with Gasteiger partial charge in [0, 0.05) is 11.3 Å². The van der Waals surface area contributed by atoms with E-state index in [0.717, 1.165) is 10.4 Å². The van der Waals surface area contributed by atoms with Crippen LogP contribution in [0.1, 0.15) is 26.5 Å². The number of aryl methyl sites for hydroxylation is 1. The average molecular weight is 233 g/mol. The SMILES string of the molecule is Cc1nsc(Cc2ccccc2)c1C(=O)O. The second-order valence-electron chi connectivity index (χ2n) is 3.53. The second kappa shape index (κ2) is 4.45. The van der Waals surface area contributed by atoms with Gasteiger partial charge < -0.3 is 5.11 Å². The van der Waals surface area contributed by atoms with E-state index in [9.17, 15) is 4.79 Å². The van der Waals surface area contributed by atoms with E-state index in [1.54, 1.807) is 6.92 Å². The van der Waals surface area contributed by atoms with Crippen molar-refractivity contribution in [3.63, 3.8) is 0 Å². The van der Waals surface area contributed by atoms with Crippen molar-refractivity contribution in [3.8, 4) is 0 Å². The Hall–Kier alpha value is -1.68. The molecule has 0 unspecified atom stereocenters. The number of aromatic carboxylic acids is 1. The number of hydrogen-bond donors (Lipinski definition) is 1. The molecule has 4 heteroatoms. The zero-order chi connectivity index (χ0) is 11.5. The molecule has 0 bridgehead atoms. The first-order valence-corrected chi connectivity index (χ1v) is 5.68. The van der Waals surface area contributed by atoms with Crippen molar-refractivity contribution in [2.75, 3.05) is 0 Å². The molecule has 0 aliphatic carbocycles. The van der Waals surface area contributed by atoms with Crippen LogP contribution >= 0.6 is 11.5 Å². The lowest BCUT2D eigenvalue weighted by Gasteiger charge is -1.99. The van der Waals surface area contributed by atoms with Crippen LogP contribution in [-0.4, -0.2) is 15.4 Å². The Kier molecular flexibility index (Phi) is 3.01. The van der Waals surface area contributed by atoms with Gasteiger partial charge in [0.15, 0.2) is 0 Å². The number of hydrogen-bond acceptors (Lipinski definition) is 3. The van der Waals surface area contributed by atoms with Crippen LogP contribution in [0.25, 0.3) is 0 Å². The molecule has 16 heavy (non-hydrogen) atoms. The number of carboxylic acids is 1. The van der Waals surface area contributed by atoms with Gasteiger partial charge in [-0.1, -0.05) is 30.3 Å². The number of benzene rings is 1. The number of carbonyl (C=O) groups is 1. The van der Waals surface area contributed by atoms with Gasteiger partial charge >= 0.3 is 5.97 Å². The largest absolute Gasteiger partial charge is 0.478 e. The summed E-state index contributed by atoms with van der Waals surface area (Å²) >= 11 is 1.27. The van der Waals surface area contributed by atoms with Gasteiger partial charge in [0.2, 0.25) is 0 Å². The van der Waals surface area contributed by atoms with Crippen molar-refractivity contribution in [3.05, 3.63) is 52.0 Å². The third kappa shape index (κ3) is 2.12. The van der Waals surface area contributed by atoms with Crippen LogP contribution in [-0.2, 0) is 6.42 Å². The lowest BCUT2D eigenvalue weighted by atomic mass is 10.1. The van der Waals surface area contributed by atoms with E-state index in [1.807, 2.05) is 30.3 Å². The predicted octanol–water partition coefficient (Wildman–Crippen LogP) is 2.74. The Morgan fingerprint density at radius 3 is 2.69 bits per heavy atom. The van der Waals surface area contributed by atoms with Crippen molar-refractivity contribution >= 4 is 17.5 Å². The zero-order valence-electron chi connectivity index (χ0n) is 8.80. The van der Waals surface area contributed by atoms with Gasteiger partial charge in [-0.25, -0.2) is 4.79 Å². The summed E-state index contributed by atoms with van der Waals surface area (Å²) in [7, 11) is 0. The Balaban J connectivity index is 2.32. The first-order chi connectivity index (χ1) is 7.68. The molecule has 0 radical (unpaired) electrons. The normalized spacial score (nSPS) is 10.3. The smallest absolute Gasteiger partial charge is 0.338 e. The van der Waals surface area contributed by atoms with Crippen LogP contribution in [0.2, 0.25) is 0 Å². The summed E-state index contributed by atoms with van der Waals surface area (Å²) in [6.07, 6.45) is 0.633. The Morgan fingerprint density at radius 1 is 1.38 bits per heavy atom. The van der Waals surface area contributed by atoms with Crippen molar-refractivity contribution < 1.29 is 9.90 Å². The number of carboxylic acid groups (broad SMARTS) is 1. The molecule has 0 saturated carbocycles. The Labute approximate surface area is 97.5 Å². The molecular formula is C12H11NO2S.